The highest BCUT2D eigenvalue weighted by Crippen LogP contribution is 2.21. The molecule has 0 heterocycles. The first kappa shape index (κ1) is 16.2. The van der Waals surface area contributed by atoms with E-state index < -0.39 is 16.6 Å². The van der Waals surface area contributed by atoms with Crippen LogP contribution in [0.3, 0.4) is 0 Å². The van der Waals surface area contributed by atoms with Crippen LogP contribution in [0, 0.1) is 15.9 Å². The molecule has 0 aliphatic rings. The molecule has 6 nitrogen and oxygen atoms in total. The maximum absolute atomic E-state index is 13.6. The number of benzene rings is 2. The number of carbonyl (C=O) groups excluding carboxylic acids is 1. The van der Waals surface area contributed by atoms with E-state index in [0.717, 1.165) is 23.8 Å². The van der Waals surface area contributed by atoms with Gasteiger partial charge in [-0.15, -0.1) is 0 Å². The zero-order valence-electron chi connectivity index (χ0n) is 12.2. The number of halogens is 1. The third kappa shape index (κ3) is 4.37. The Hall–Kier alpha value is -3.22. The number of nitro benzene ring substituents is 1. The topological polar surface area (TPSA) is 81.5 Å². The van der Waals surface area contributed by atoms with Crippen molar-refractivity contribution in [3.8, 4) is 5.75 Å². The predicted molar refractivity (Wildman–Crippen MR) is 83.7 cm³/mol. The third-order valence-electron chi connectivity index (χ3n) is 2.94. The quantitative estimate of drug-likeness (QED) is 0.521. The summed E-state index contributed by atoms with van der Waals surface area (Å²) >= 11 is 0. The smallest absolute Gasteiger partial charge is 0.271 e. The molecule has 1 amide bonds. The van der Waals surface area contributed by atoms with Gasteiger partial charge in [-0.3, -0.25) is 14.9 Å². The SMILES string of the molecule is COc1cccc(/C=C/C(=O)Nc2cc([N+](=O)[O-])ccc2F)c1. The second kappa shape index (κ2) is 7.17. The van der Waals surface area contributed by atoms with Crippen LogP contribution in [-0.2, 0) is 4.79 Å². The summed E-state index contributed by atoms with van der Waals surface area (Å²) in [6.45, 7) is 0. The molecule has 0 spiro atoms. The van der Waals surface area contributed by atoms with E-state index in [1.807, 2.05) is 0 Å². The fourth-order valence-corrected chi connectivity index (χ4v) is 1.81. The van der Waals surface area contributed by atoms with Crippen LogP contribution in [0.15, 0.2) is 48.5 Å². The van der Waals surface area contributed by atoms with Crippen LogP contribution >= 0.6 is 0 Å². The molecular weight excluding hydrogens is 303 g/mol. The van der Waals surface area contributed by atoms with Crippen molar-refractivity contribution in [1.29, 1.82) is 0 Å². The Morgan fingerprint density at radius 1 is 1.30 bits per heavy atom. The van der Waals surface area contributed by atoms with Gasteiger partial charge in [0.15, 0.2) is 0 Å². The first-order valence-corrected chi connectivity index (χ1v) is 6.56. The zero-order chi connectivity index (χ0) is 16.8. The fraction of sp³-hybridized carbons (Fsp3) is 0.0625. The average Bonchev–Trinajstić information content (AvgIpc) is 2.55. The molecule has 1 N–H and O–H groups in total. The number of amides is 1. The van der Waals surface area contributed by atoms with Gasteiger partial charge in [-0.1, -0.05) is 12.1 Å². The molecule has 23 heavy (non-hydrogen) atoms. The van der Waals surface area contributed by atoms with Crippen molar-refractivity contribution in [3.63, 3.8) is 0 Å². The standard InChI is InChI=1S/C16H13FN2O4/c1-23-13-4-2-3-11(9-13)5-8-16(20)18-15-10-12(19(21)22)6-7-14(15)17/h2-10H,1H3,(H,18,20)/b8-5+. The van der Waals surface area contributed by atoms with Crippen molar-refractivity contribution in [2.75, 3.05) is 12.4 Å². The van der Waals surface area contributed by atoms with E-state index in [9.17, 15) is 19.3 Å². The highest BCUT2D eigenvalue weighted by atomic mass is 19.1. The van der Waals surface area contributed by atoms with Crippen molar-refractivity contribution in [2.45, 2.75) is 0 Å². The van der Waals surface area contributed by atoms with Crippen molar-refractivity contribution < 1.29 is 18.8 Å². The molecule has 0 unspecified atom stereocenters. The zero-order valence-corrected chi connectivity index (χ0v) is 12.2. The van der Waals surface area contributed by atoms with Gasteiger partial charge in [-0.2, -0.15) is 0 Å². The van der Waals surface area contributed by atoms with Crippen LogP contribution in [0.25, 0.3) is 6.08 Å². The van der Waals surface area contributed by atoms with Gasteiger partial charge in [-0.25, -0.2) is 4.39 Å². The number of rotatable bonds is 5. The van der Waals surface area contributed by atoms with Gasteiger partial charge in [0.05, 0.1) is 17.7 Å². The Kier molecular flexibility index (Phi) is 5.03. The Bertz CT molecular complexity index is 774. The minimum Gasteiger partial charge on any atom is -0.497 e. The number of hydrogen-bond donors (Lipinski definition) is 1. The van der Waals surface area contributed by atoms with E-state index >= 15 is 0 Å². The Morgan fingerprint density at radius 3 is 2.78 bits per heavy atom. The first-order valence-electron chi connectivity index (χ1n) is 6.56. The number of nitro groups is 1. The van der Waals surface area contributed by atoms with Gasteiger partial charge in [-0.05, 0) is 29.8 Å². The largest absolute Gasteiger partial charge is 0.497 e. The molecule has 0 fully saturated rings. The number of ether oxygens (including phenoxy) is 1. The molecule has 7 heteroatoms. The Balaban J connectivity index is 2.11. The molecule has 2 rings (SSSR count). The third-order valence-corrected chi connectivity index (χ3v) is 2.94. The minimum atomic E-state index is -0.751. The highest BCUT2D eigenvalue weighted by Gasteiger charge is 2.12. The second-order valence-electron chi connectivity index (χ2n) is 4.52. The van der Waals surface area contributed by atoms with Crippen molar-refractivity contribution in [1.82, 2.24) is 0 Å². The molecule has 0 aliphatic heterocycles. The number of nitrogens with one attached hydrogen (secondary N) is 1. The fourth-order valence-electron chi connectivity index (χ4n) is 1.81. The molecule has 118 valence electrons. The van der Waals surface area contributed by atoms with E-state index in [2.05, 4.69) is 5.32 Å². The lowest BCUT2D eigenvalue weighted by Crippen LogP contribution is -2.09. The van der Waals surface area contributed by atoms with Gasteiger partial charge >= 0.3 is 0 Å². The van der Waals surface area contributed by atoms with Crippen molar-refractivity contribution in [3.05, 3.63) is 70.0 Å². The van der Waals surface area contributed by atoms with E-state index in [1.54, 1.807) is 24.3 Å². The van der Waals surface area contributed by atoms with Crippen LogP contribution in [0.4, 0.5) is 15.8 Å². The van der Waals surface area contributed by atoms with Crippen LogP contribution in [-0.4, -0.2) is 17.9 Å². The first-order chi connectivity index (χ1) is 11.0. The van der Waals surface area contributed by atoms with Crippen molar-refractivity contribution in [2.24, 2.45) is 0 Å². The number of carbonyl (C=O) groups is 1. The molecule has 0 aromatic heterocycles. The predicted octanol–water partition coefficient (Wildman–Crippen LogP) is 3.39. The lowest BCUT2D eigenvalue weighted by Gasteiger charge is -2.04. The number of nitrogens with zero attached hydrogens (tertiary/aromatic N) is 1. The summed E-state index contributed by atoms with van der Waals surface area (Å²) in [6, 6.07) is 9.92. The molecule has 0 atom stereocenters. The summed E-state index contributed by atoms with van der Waals surface area (Å²) in [6.07, 6.45) is 2.72. The van der Waals surface area contributed by atoms with E-state index in [1.165, 1.54) is 19.3 Å². The normalized spacial score (nSPS) is 10.5. The van der Waals surface area contributed by atoms with Gasteiger partial charge in [0.25, 0.3) is 5.69 Å². The summed E-state index contributed by atoms with van der Waals surface area (Å²) in [5.74, 6) is -0.719. The molecule has 2 aromatic rings. The molecule has 0 saturated heterocycles. The summed E-state index contributed by atoms with van der Waals surface area (Å²) in [4.78, 5) is 21.8. The monoisotopic (exact) mass is 316 g/mol. The maximum atomic E-state index is 13.6. The molecule has 0 saturated carbocycles. The van der Waals surface area contributed by atoms with Gasteiger partial charge in [0.2, 0.25) is 5.91 Å². The van der Waals surface area contributed by atoms with E-state index in [0.29, 0.717) is 5.75 Å². The Labute approximate surface area is 131 Å². The molecule has 2 aromatic carbocycles. The second-order valence-corrected chi connectivity index (χ2v) is 4.52. The highest BCUT2D eigenvalue weighted by molar-refractivity contribution is 6.02. The minimum absolute atomic E-state index is 0.250. The van der Waals surface area contributed by atoms with Crippen LogP contribution in [0.1, 0.15) is 5.56 Å². The maximum Gasteiger partial charge on any atom is 0.271 e. The molecular formula is C16H13FN2O4. The van der Waals surface area contributed by atoms with Gasteiger partial charge < -0.3 is 10.1 Å². The van der Waals surface area contributed by atoms with Crippen LogP contribution in [0.2, 0.25) is 0 Å². The van der Waals surface area contributed by atoms with Crippen molar-refractivity contribution >= 4 is 23.4 Å². The number of non-ortho nitro benzene ring substituents is 1. The van der Waals surface area contributed by atoms with Gasteiger partial charge in [0, 0.05) is 18.2 Å². The van der Waals surface area contributed by atoms with E-state index in [-0.39, 0.29) is 11.4 Å². The van der Waals surface area contributed by atoms with Gasteiger partial charge in [0.1, 0.15) is 11.6 Å². The summed E-state index contributed by atoms with van der Waals surface area (Å²) in [5, 5.41) is 12.9. The number of methoxy groups -OCH3 is 1. The Morgan fingerprint density at radius 2 is 2.09 bits per heavy atom. The van der Waals surface area contributed by atoms with E-state index in [4.69, 9.17) is 4.74 Å². The molecule has 0 aliphatic carbocycles. The van der Waals surface area contributed by atoms with Crippen LogP contribution in [0.5, 0.6) is 5.75 Å². The van der Waals surface area contributed by atoms with Crippen LogP contribution < -0.4 is 10.1 Å². The average molecular weight is 316 g/mol. The molecule has 0 bridgehead atoms. The number of hydrogen-bond acceptors (Lipinski definition) is 4. The summed E-state index contributed by atoms with van der Waals surface area (Å²) < 4.78 is 18.6. The lowest BCUT2D eigenvalue weighted by atomic mass is 10.2. The summed E-state index contributed by atoms with van der Waals surface area (Å²) in [5.41, 5.74) is 0.164. The molecule has 0 radical (unpaired) electrons. The summed E-state index contributed by atoms with van der Waals surface area (Å²) in [7, 11) is 1.53. The number of anilines is 1. The lowest BCUT2D eigenvalue weighted by molar-refractivity contribution is -0.384.